The van der Waals surface area contributed by atoms with Gasteiger partial charge in [-0.25, -0.2) is 15.0 Å². The Hall–Kier alpha value is -3.95. The molecule has 2 aliphatic rings. The number of hydrogen-bond donors (Lipinski definition) is 1. The fraction of sp³-hybridized carbons (Fsp3) is 0.217. The minimum Gasteiger partial charge on any atom is -0.316 e. The zero-order valence-electron chi connectivity index (χ0n) is 17.5. The molecule has 2 aromatic carbocycles. The van der Waals surface area contributed by atoms with E-state index in [1.165, 1.54) is 16.7 Å². The molecule has 0 bridgehead atoms. The number of aromatic nitrogens is 1. The summed E-state index contributed by atoms with van der Waals surface area (Å²) in [6.07, 6.45) is -0.907. The molecular formula is C23H19F3N6O. The molecule has 2 aliphatic heterocycles. The summed E-state index contributed by atoms with van der Waals surface area (Å²) in [4.78, 5) is 22.5. The molecule has 0 radical (unpaired) electrons. The van der Waals surface area contributed by atoms with Crippen LogP contribution in [0.4, 0.5) is 13.2 Å². The predicted molar refractivity (Wildman–Crippen MR) is 121 cm³/mol. The Balaban J connectivity index is 1.73. The second-order valence-electron chi connectivity index (χ2n) is 7.72. The summed E-state index contributed by atoms with van der Waals surface area (Å²) < 4.78 is 42.4. The van der Waals surface area contributed by atoms with E-state index in [4.69, 9.17) is 4.99 Å². The van der Waals surface area contributed by atoms with E-state index in [1.54, 1.807) is 60.9 Å². The fourth-order valence-electron chi connectivity index (χ4n) is 4.09. The van der Waals surface area contributed by atoms with E-state index in [-0.39, 0.29) is 16.9 Å². The lowest BCUT2D eigenvalue weighted by Gasteiger charge is -2.27. The van der Waals surface area contributed by atoms with Crippen LogP contribution < -0.4 is 10.9 Å². The normalized spacial score (nSPS) is 19.7. The van der Waals surface area contributed by atoms with Crippen LogP contribution in [0, 0.1) is 0 Å². The number of pyridine rings is 1. The average molecular weight is 452 g/mol. The van der Waals surface area contributed by atoms with E-state index in [0.29, 0.717) is 23.8 Å². The molecule has 3 aromatic rings. The number of nitrogens with zero attached hydrogens (tertiary/aromatic N) is 5. The van der Waals surface area contributed by atoms with Gasteiger partial charge in [-0.3, -0.25) is 9.36 Å². The number of hydrogen-bond acceptors (Lipinski definition) is 4. The lowest BCUT2D eigenvalue weighted by atomic mass is 10.0. The quantitative estimate of drug-likeness (QED) is 0.651. The van der Waals surface area contributed by atoms with Crippen molar-refractivity contribution in [2.24, 2.45) is 15.1 Å². The van der Waals surface area contributed by atoms with E-state index in [9.17, 15) is 18.0 Å². The lowest BCUT2D eigenvalue weighted by Crippen LogP contribution is -2.45. The van der Waals surface area contributed by atoms with Crippen LogP contribution in [0.15, 0.2) is 74.5 Å². The molecule has 1 N–H and O–H groups in total. The third-order valence-electron chi connectivity index (χ3n) is 5.60. The highest BCUT2D eigenvalue weighted by Gasteiger charge is 2.34. The highest BCUT2D eigenvalue weighted by atomic mass is 19.4. The molecule has 1 unspecified atom stereocenters. The van der Waals surface area contributed by atoms with Crippen LogP contribution in [0.3, 0.4) is 0 Å². The highest BCUT2D eigenvalue weighted by molar-refractivity contribution is 5.93. The van der Waals surface area contributed by atoms with Crippen molar-refractivity contribution in [3.05, 3.63) is 76.2 Å². The molecule has 1 aromatic heterocycles. The summed E-state index contributed by atoms with van der Waals surface area (Å²) in [6.45, 7) is 1.78. The van der Waals surface area contributed by atoms with Crippen molar-refractivity contribution in [2.45, 2.75) is 31.7 Å². The number of rotatable bonds is 3. The average Bonchev–Trinajstić information content (AvgIpc) is 3.28. The van der Waals surface area contributed by atoms with Crippen molar-refractivity contribution in [3.63, 3.8) is 0 Å². The second-order valence-corrected chi connectivity index (χ2v) is 7.72. The first kappa shape index (κ1) is 20.9. The van der Waals surface area contributed by atoms with Gasteiger partial charge in [0.25, 0.3) is 5.56 Å². The third-order valence-corrected chi connectivity index (χ3v) is 5.60. The van der Waals surface area contributed by atoms with Crippen molar-refractivity contribution in [1.82, 2.24) is 14.9 Å². The zero-order valence-corrected chi connectivity index (χ0v) is 17.5. The first-order valence-electron chi connectivity index (χ1n) is 10.3. The number of benzene rings is 2. The molecule has 5 rings (SSSR count). The monoisotopic (exact) mass is 452 g/mol. The fourth-order valence-corrected chi connectivity index (χ4v) is 4.09. The van der Waals surface area contributed by atoms with Gasteiger partial charge < -0.3 is 5.32 Å². The summed E-state index contributed by atoms with van der Waals surface area (Å²) in [6, 6.07) is 13.3. The summed E-state index contributed by atoms with van der Waals surface area (Å²) in [5.74, 6) is 0.451. The smallest absolute Gasteiger partial charge is 0.316 e. The van der Waals surface area contributed by atoms with Crippen LogP contribution >= 0.6 is 0 Å². The molecule has 0 spiro atoms. The largest absolute Gasteiger partial charge is 0.417 e. The van der Waals surface area contributed by atoms with Crippen LogP contribution in [0.1, 0.15) is 30.6 Å². The first-order chi connectivity index (χ1) is 15.8. The van der Waals surface area contributed by atoms with E-state index >= 15 is 0 Å². The number of alkyl halides is 3. The predicted octanol–water partition coefficient (Wildman–Crippen LogP) is 4.08. The van der Waals surface area contributed by atoms with Crippen molar-refractivity contribution in [1.29, 1.82) is 0 Å². The molecule has 3 heterocycles. The molecule has 0 aliphatic carbocycles. The summed E-state index contributed by atoms with van der Waals surface area (Å²) >= 11 is 0. The number of fused-ring (bicyclic) bond motifs is 2. The molecule has 10 heteroatoms. The summed E-state index contributed by atoms with van der Waals surface area (Å²) in [5.41, 5.74) is -0.795. The van der Waals surface area contributed by atoms with Gasteiger partial charge >= 0.3 is 6.18 Å². The van der Waals surface area contributed by atoms with Gasteiger partial charge in [0.05, 0.1) is 29.0 Å². The molecule has 7 nitrogen and oxygen atoms in total. The van der Waals surface area contributed by atoms with Gasteiger partial charge in [0.1, 0.15) is 0 Å². The summed E-state index contributed by atoms with van der Waals surface area (Å²) in [5, 5.41) is 8.73. The van der Waals surface area contributed by atoms with Gasteiger partial charge in [0, 0.05) is 18.3 Å². The molecule has 0 saturated heterocycles. The van der Waals surface area contributed by atoms with Gasteiger partial charge in [-0.1, -0.05) is 30.3 Å². The maximum Gasteiger partial charge on any atom is 0.417 e. The first-order valence-corrected chi connectivity index (χ1v) is 10.3. The van der Waals surface area contributed by atoms with Crippen molar-refractivity contribution < 1.29 is 13.2 Å². The van der Waals surface area contributed by atoms with Crippen LogP contribution in [0.25, 0.3) is 16.5 Å². The van der Waals surface area contributed by atoms with Crippen molar-refractivity contribution >= 4 is 29.3 Å². The van der Waals surface area contributed by atoms with Crippen molar-refractivity contribution in [3.8, 4) is 5.69 Å². The molecule has 2 atom stereocenters. The molecule has 0 fully saturated rings. The number of para-hydroxylation sites is 1. The Morgan fingerprint density at radius 2 is 1.94 bits per heavy atom. The van der Waals surface area contributed by atoms with Gasteiger partial charge in [0.2, 0.25) is 5.96 Å². The maximum atomic E-state index is 13.7. The van der Waals surface area contributed by atoms with Crippen LogP contribution in [0.5, 0.6) is 0 Å². The van der Waals surface area contributed by atoms with Gasteiger partial charge in [-0.15, -0.1) is 0 Å². The number of nitrogens with one attached hydrogen (secondary N) is 1. The third kappa shape index (κ3) is 3.67. The van der Waals surface area contributed by atoms with E-state index in [0.717, 1.165) is 6.07 Å². The maximum absolute atomic E-state index is 13.7. The van der Waals surface area contributed by atoms with Gasteiger partial charge in [0.15, 0.2) is 6.17 Å². The van der Waals surface area contributed by atoms with Gasteiger partial charge in [-0.2, -0.15) is 18.3 Å². The van der Waals surface area contributed by atoms with Crippen molar-refractivity contribution in [2.75, 3.05) is 0 Å². The van der Waals surface area contributed by atoms with E-state index < -0.39 is 23.3 Å². The highest BCUT2D eigenvalue weighted by Crippen LogP contribution is 2.34. The minimum atomic E-state index is -4.66. The Bertz CT molecular complexity index is 1360. The Morgan fingerprint density at radius 3 is 2.70 bits per heavy atom. The number of hydrazone groups is 1. The number of aliphatic imine (C=N–C) groups is 2. The zero-order chi connectivity index (χ0) is 23.2. The standard InChI is InChI=1S/C23H19F3N6O/c1-14(30-22-28-13-27-19-10-11-29-32(19)22)18-12-15-6-5-9-17(23(24,25)26)20(15)21(33)31(18)16-7-3-2-4-8-16/h2-9,11-14,19H,10H2,1H3,(H,27,28,30)/t14-,19?/m0/s1. The number of halogens is 3. The molecule has 0 amide bonds. The summed E-state index contributed by atoms with van der Waals surface area (Å²) in [7, 11) is 0. The molecule has 168 valence electrons. The van der Waals surface area contributed by atoms with Gasteiger partial charge in [-0.05, 0) is 36.6 Å². The second kappa shape index (κ2) is 7.88. The SMILES string of the molecule is C[C@H](N=C1NC=NC2CC=NN12)c1cc2cccc(C(F)(F)F)c2c(=O)n1-c1ccccc1. The lowest BCUT2D eigenvalue weighted by molar-refractivity contribution is -0.136. The topological polar surface area (TPSA) is 74.3 Å². The number of guanidine groups is 1. The van der Waals surface area contributed by atoms with Crippen LogP contribution in [0.2, 0.25) is 0 Å². The van der Waals surface area contributed by atoms with Crippen LogP contribution in [-0.2, 0) is 6.18 Å². The minimum absolute atomic E-state index is 0.181. The molecule has 0 saturated carbocycles. The van der Waals surface area contributed by atoms with Crippen LogP contribution in [-0.4, -0.2) is 34.3 Å². The Kier molecular flexibility index (Phi) is 4.99. The molecule has 33 heavy (non-hydrogen) atoms. The Labute approximate surface area is 186 Å². The van der Waals surface area contributed by atoms with E-state index in [2.05, 4.69) is 15.4 Å². The molecular weight excluding hydrogens is 433 g/mol. The Morgan fingerprint density at radius 1 is 1.15 bits per heavy atom. The van der Waals surface area contributed by atoms with E-state index in [1.807, 2.05) is 0 Å².